The van der Waals surface area contributed by atoms with Crippen LogP contribution in [0.25, 0.3) is 22.4 Å². The van der Waals surface area contributed by atoms with E-state index in [1.807, 2.05) is 30.3 Å². The average molecular weight is 422 g/mol. The van der Waals surface area contributed by atoms with E-state index in [4.69, 9.17) is 14.0 Å². The number of tetrazole rings is 1. The Morgan fingerprint density at radius 3 is 2.48 bits per heavy atom. The van der Waals surface area contributed by atoms with Crippen LogP contribution in [0.1, 0.15) is 44.4 Å². The van der Waals surface area contributed by atoms with Crippen LogP contribution in [0.5, 0.6) is 11.5 Å². The second-order valence-corrected chi connectivity index (χ2v) is 7.33. The number of hydrogen-bond acceptors (Lipinski definition) is 7. The van der Waals surface area contributed by atoms with Gasteiger partial charge in [0, 0.05) is 16.5 Å². The normalized spacial score (nSPS) is 11.2. The lowest BCUT2D eigenvalue weighted by atomic mass is 10.0. The lowest BCUT2D eigenvalue weighted by molar-refractivity contribution is 0.265. The van der Waals surface area contributed by atoms with Crippen LogP contribution in [0, 0.1) is 0 Å². The van der Waals surface area contributed by atoms with E-state index in [-0.39, 0.29) is 0 Å². The molecule has 4 aromatic rings. The van der Waals surface area contributed by atoms with Crippen molar-refractivity contribution in [2.75, 3.05) is 13.2 Å². The van der Waals surface area contributed by atoms with Crippen molar-refractivity contribution < 1.29 is 14.0 Å². The molecule has 2 aromatic heterocycles. The van der Waals surface area contributed by atoms with E-state index >= 15 is 0 Å². The summed E-state index contributed by atoms with van der Waals surface area (Å²) in [5.74, 6) is 2.36. The Morgan fingerprint density at radius 1 is 0.968 bits per heavy atom. The standard InChI is InChI=1S/C23H27N5O3/c1-3-7-19-21(13-12-18-20(4-2)26-31-22(18)19)30-15-6-5-14-29-17-10-8-16(9-11-17)23-24-27-28-25-23/h8-13H,3-7,14-15H2,1-2H3,(H,24,25,27,28). The van der Waals surface area contributed by atoms with Crippen LogP contribution in [0.3, 0.4) is 0 Å². The fraction of sp³-hybridized carbons (Fsp3) is 0.391. The molecule has 4 rings (SSSR count). The molecule has 1 N–H and O–H groups in total. The first-order chi connectivity index (χ1) is 15.3. The van der Waals surface area contributed by atoms with E-state index < -0.39 is 0 Å². The zero-order chi connectivity index (χ0) is 21.5. The van der Waals surface area contributed by atoms with E-state index in [0.717, 1.165) is 71.4 Å². The molecular formula is C23H27N5O3. The summed E-state index contributed by atoms with van der Waals surface area (Å²) in [6.07, 6.45) is 4.60. The number of hydrogen-bond donors (Lipinski definition) is 1. The van der Waals surface area contributed by atoms with Crippen molar-refractivity contribution >= 4 is 11.0 Å². The number of nitrogens with one attached hydrogen (secondary N) is 1. The number of benzene rings is 2. The zero-order valence-corrected chi connectivity index (χ0v) is 17.9. The first kappa shape index (κ1) is 20.8. The number of ether oxygens (including phenoxy) is 2. The first-order valence-electron chi connectivity index (χ1n) is 10.8. The fourth-order valence-electron chi connectivity index (χ4n) is 3.53. The SMILES string of the molecule is CCCc1c(OCCCCOc2ccc(-c3nnn[nH]3)cc2)ccc2c(CC)noc12. The number of nitrogens with zero attached hydrogens (tertiary/aromatic N) is 4. The predicted molar refractivity (Wildman–Crippen MR) is 117 cm³/mol. The van der Waals surface area contributed by atoms with E-state index in [9.17, 15) is 0 Å². The van der Waals surface area contributed by atoms with Gasteiger partial charge in [0.25, 0.3) is 0 Å². The van der Waals surface area contributed by atoms with Gasteiger partial charge < -0.3 is 14.0 Å². The third-order valence-corrected chi connectivity index (χ3v) is 5.15. The second-order valence-electron chi connectivity index (χ2n) is 7.33. The molecule has 0 bridgehead atoms. The molecule has 8 nitrogen and oxygen atoms in total. The van der Waals surface area contributed by atoms with Crippen molar-refractivity contribution in [2.24, 2.45) is 0 Å². The number of aryl methyl sites for hydroxylation is 2. The number of aromatic amines is 1. The van der Waals surface area contributed by atoms with Gasteiger partial charge in [-0.1, -0.05) is 25.4 Å². The van der Waals surface area contributed by atoms with Gasteiger partial charge in [0.05, 0.1) is 18.9 Å². The van der Waals surface area contributed by atoms with Gasteiger partial charge in [-0.15, -0.1) is 5.10 Å². The summed E-state index contributed by atoms with van der Waals surface area (Å²) >= 11 is 0. The Morgan fingerprint density at radius 2 is 1.77 bits per heavy atom. The summed E-state index contributed by atoms with van der Waals surface area (Å²) in [5.41, 5.74) is 3.90. The summed E-state index contributed by atoms with van der Waals surface area (Å²) in [5, 5.41) is 19.1. The van der Waals surface area contributed by atoms with Crippen molar-refractivity contribution in [1.82, 2.24) is 25.8 Å². The quantitative estimate of drug-likeness (QED) is 0.349. The van der Waals surface area contributed by atoms with Crippen molar-refractivity contribution in [3.8, 4) is 22.9 Å². The molecule has 0 fully saturated rings. The molecule has 0 radical (unpaired) electrons. The van der Waals surface area contributed by atoms with E-state index in [1.54, 1.807) is 0 Å². The van der Waals surface area contributed by atoms with Gasteiger partial charge in [-0.25, -0.2) is 5.10 Å². The predicted octanol–water partition coefficient (Wildman–Crippen LogP) is 4.76. The summed E-state index contributed by atoms with van der Waals surface area (Å²) in [6.45, 7) is 5.52. The third kappa shape index (κ3) is 4.84. The number of fused-ring (bicyclic) bond motifs is 1. The van der Waals surface area contributed by atoms with Crippen LogP contribution in [0.15, 0.2) is 40.9 Å². The molecule has 0 aliphatic carbocycles. The van der Waals surface area contributed by atoms with E-state index in [1.165, 1.54) is 0 Å². The molecule has 31 heavy (non-hydrogen) atoms. The Bertz CT molecular complexity index is 1090. The van der Waals surface area contributed by atoms with Crippen molar-refractivity contribution in [1.29, 1.82) is 0 Å². The minimum Gasteiger partial charge on any atom is -0.494 e. The summed E-state index contributed by atoms with van der Waals surface area (Å²) in [7, 11) is 0. The molecule has 2 aromatic carbocycles. The van der Waals surface area contributed by atoms with Crippen LogP contribution in [0.2, 0.25) is 0 Å². The minimum absolute atomic E-state index is 0.634. The number of rotatable bonds is 11. The van der Waals surface area contributed by atoms with Crippen LogP contribution in [-0.2, 0) is 12.8 Å². The topological polar surface area (TPSA) is 99.0 Å². The molecule has 162 valence electrons. The smallest absolute Gasteiger partial charge is 0.179 e. The largest absolute Gasteiger partial charge is 0.494 e. The highest BCUT2D eigenvalue weighted by atomic mass is 16.5. The van der Waals surface area contributed by atoms with Crippen LogP contribution in [0.4, 0.5) is 0 Å². The molecule has 0 saturated heterocycles. The highest BCUT2D eigenvalue weighted by Gasteiger charge is 2.15. The van der Waals surface area contributed by atoms with Gasteiger partial charge in [0.2, 0.25) is 0 Å². The van der Waals surface area contributed by atoms with E-state index in [0.29, 0.717) is 19.0 Å². The number of H-pyrrole nitrogens is 1. The number of aromatic nitrogens is 5. The zero-order valence-electron chi connectivity index (χ0n) is 17.9. The van der Waals surface area contributed by atoms with Crippen LogP contribution in [-0.4, -0.2) is 39.0 Å². The lowest BCUT2D eigenvalue weighted by Gasteiger charge is -2.12. The molecule has 0 aliphatic heterocycles. The maximum Gasteiger partial charge on any atom is 0.179 e. The van der Waals surface area contributed by atoms with Crippen molar-refractivity contribution in [3.63, 3.8) is 0 Å². The van der Waals surface area contributed by atoms with Crippen molar-refractivity contribution in [3.05, 3.63) is 47.7 Å². The molecule has 8 heteroatoms. The second kappa shape index (κ2) is 10.1. The van der Waals surface area contributed by atoms with Gasteiger partial charge in [-0.05, 0) is 72.5 Å². The van der Waals surface area contributed by atoms with Gasteiger partial charge >= 0.3 is 0 Å². The molecule has 0 amide bonds. The van der Waals surface area contributed by atoms with E-state index in [2.05, 4.69) is 45.7 Å². The maximum absolute atomic E-state index is 6.08. The summed E-state index contributed by atoms with van der Waals surface area (Å²) in [4.78, 5) is 0. The van der Waals surface area contributed by atoms with Crippen molar-refractivity contribution in [2.45, 2.75) is 46.0 Å². The van der Waals surface area contributed by atoms with Gasteiger partial charge in [0.15, 0.2) is 11.4 Å². The number of unbranched alkanes of at least 4 members (excludes halogenated alkanes) is 1. The Kier molecular flexibility index (Phi) is 6.76. The first-order valence-corrected chi connectivity index (χ1v) is 10.8. The molecule has 2 heterocycles. The van der Waals surface area contributed by atoms with Crippen LogP contribution < -0.4 is 9.47 Å². The summed E-state index contributed by atoms with van der Waals surface area (Å²) < 4.78 is 17.5. The monoisotopic (exact) mass is 421 g/mol. The molecule has 0 saturated carbocycles. The molecular weight excluding hydrogens is 394 g/mol. The van der Waals surface area contributed by atoms with Crippen LogP contribution >= 0.6 is 0 Å². The Labute approximate surface area is 180 Å². The minimum atomic E-state index is 0.634. The maximum atomic E-state index is 6.08. The van der Waals surface area contributed by atoms with Gasteiger partial charge in [0.1, 0.15) is 11.5 Å². The molecule has 0 unspecified atom stereocenters. The average Bonchev–Trinajstić information content (AvgIpc) is 3.48. The Balaban J connectivity index is 1.25. The molecule has 0 spiro atoms. The fourth-order valence-corrected chi connectivity index (χ4v) is 3.53. The molecule has 0 atom stereocenters. The third-order valence-electron chi connectivity index (χ3n) is 5.15. The molecule has 0 aliphatic rings. The highest BCUT2D eigenvalue weighted by Crippen LogP contribution is 2.31. The van der Waals surface area contributed by atoms with Gasteiger partial charge in [-0.2, -0.15) is 0 Å². The Hall–Kier alpha value is -3.42. The van der Waals surface area contributed by atoms with Gasteiger partial charge in [-0.3, -0.25) is 0 Å². The summed E-state index contributed by atoms with van der Waals surface area (Å²) in [6, 6.07) is 11.8. The lowest BCUT2D eigenvalue weighted by Crippen LogP contribution is -2.04. The highest BCUT2D eigenvalue weighted by molar-refractivity contribution is 5.84.